The van der Waals surface area contributed by atoms with E-state index in [1.54, 1.807) is 0 Å². The summed E-state index contributed by atoms with van der Waals surface area (Å²) in [5.41, 5.74) is 2.70. The van der Waals surface area contributed by atoms with Gasteiger partial charge in [0.2, 0.25) is 5.91 Å². The van der Waals surface area contributed by atoms with Crippen LogP contribution in [0.15, 0.2) is 24.3 Å². The lowest BCUT2D eigenvalue weighted by molar-refractivity contribution is -0.133. The van der Waals surface area contributed by atoms with Gasteiger partial charge in [-0.3, -0.25) is 19.4 Å². The van der Waals surface area contributed by atoms with Crippen molar-refractivity contribution < 1.29 is 9.59 Å². The van der Waals surface area contributed by atoms with Crippen LogP contribution < -0.4 is 5.32 Å². The molecule has 170 valence electrons. The average molecular weight is 437 g/mol. The van der Waals surface area contributed by atoms with Crippen LogP contribution in [0.1, 0.15) is 41.7 Å². The van der Waals surface area contributed by atoms with Gasteiger partial charge in [0.05, 0.1) is 11.4 Å². The van der Waals surface area contributed by atoms with Crippen LogP contribution in [-0.2, 0) is 11.3 Å². The number of carbonyl (C=O) groups is 2. The van der Waals surface area contributed by atoms with E-state index in [2.05, 4.69) is 33.2 Å². The second-order valence-electron chi connectivity index (χ2n) is 9.11. The number of benzene rings is 1. The number of carbonyl (C=O) groups excluding carboxylic acids is 2. The van der Waals surface area contributed by atoms with Crippen LogP contribution in [0, 0.1) is 17.4 Å². The first-order valence-corrected chi connectivity index (χ1v) is 11.5. The Kier molecular flexibility index (Phi) is 6.77. The highest BCUT2D eigenvalue weighted by molar-refractivity contribution is 5.99. The topological polar surface area (TPSA) is 95.5 Å². The van der Waals surface area contributed by atoms with E-state index in [1.165, 1.54) is 12.6 Å². The van der Waals surface area contributed by atoms with Crippen molar-refractivity contribution in [3.8, 4) is 6.19 Å². The maximum absolute atomic E-state index is 13.1. The molecular formula is C24H32N6O2. The normalized spacial score (nSPS) is 22.4. The minimum atomic E-state index is -0.352. The number of fused-ring (bicyclic) bond motifs is 1. The Morgan fingerprint density at radius 2 is 1.97 bits per heavy atom. The molecule has 1 saturated heterocycles. The molecule has 0 unspecified atom stereocenters. The number of aromatic amines is 1. The Labute approximate surface area is 189 Å². The molecule has 2 atom stereocenters. The third kappa shape index (κ3) is 4.79. The Morgan fingerprint density at radius 1 is 1.22 bits per heavy atom. The number of H-pyrrole nitrogens is 1. The molecule has 2 amide bonds. The average Bonchev–Trinajstić information content (AvgIpc) is 3.25. The van der Waals surface area contributed by atoms with E-state index < -0.39 is 0 Å². The van der Waals surface area contributed by atoms with E-state index in [0.717, 1.165) is 67.8 Å². The predicted octanol–water partition coefficient (Wildman–Crippen LogP) is 2.14. The van der Waals surface area contributed by atoms with Crippen molar-refractivity contribution in [2.75, 3.05) is 40.3 Å². The molecule has 1 aromatic carbocycles. The van der Waals surface area contributed by atoms with E-state index in [4.69, 9.17) is 5.26 Å². The number of hydrogen-bond donors (Lipinski definition) is 2. The number of rotatable bonds is 5. The molecule has 2 aliphatic rings. The summed E-state index contributed by atoms with van der Waals surface area (Å²) in [6.45, 7) is 5.06. The summed E-state index contributed by atoms with van der Waals surface area (Å²) in [5, 5.41) is 13.2. The van der Waals surface area contributed by atoms with Crippen LogP contribution in [0.4, 0.5) is 0 Å². The van der Waals surface area contributed by atoms with E-state index in [9.17, 15) is 9.59 Å². The number of nitriles is 1. The molecule has 1 aliphatic heterocycles. The van der Waals surface area contributed by atoms with Gasteiger partial charge in [0, 0.05) is 51.2 Å². The summed E-state index contributed by atoms with van der Waals surface area (Å²) >= 11 is 0. The van der Waals surface area contributed by atoms with E-state index in [0.29, 0.717) is 12.1 Å². The van der Waals surface area contributed by atoms with E-state index in [1.807, 2.05) is 24.4 Å². The molecule has 0 bridgehead atoms. The summed E-state index contributed by atoms with van der Waals surface area (Å²) in [6, 6.07) is 7.81. The van der Waals surface area contributed by atoms with Crippen LogP contribution in [-0.4, -0.2) is 77.8 Å². The highest BCUT2D eigenvalue weighted by Gasteiger charge is 2.34. The molecule has 8 nitrogen and oxygen atoms in total. The third-order valence-corrected chi connectivity index (χ3v) is 6.86. The minimum absolute atomic E-state index is 0.198. The van der Waals surface area contributed by atoms with Crippen molar-refractivity contribution in [2.24, 2.45) is 5.92 Å². The maximum atomic E-state index is 13.1. The van der Waals surface area contributed by atoms with Crippen molar-refractivity contribution in [1.82, 2.24) is 25.0 Å². The minimum Gasteiger partial charge on any atom is -0.350 e. The fourth-order valence-electron chi connectivity index (χ4n) is 4.86. The maximum Gasteiger partial charge on any atom is 0.267 e. The van der Waals surface area contributed by atoms with Crippen molar-refractivity contribution in [2.45, 2.75) is 38.3 Å². The van der Waals surface area contributed by atoms with E-state index in [-0.39, 0.29) is 23.8 Å². The van der Waals surface area contributed by atoms with Gasteiger partial charge >= 0.3 is 0 Å². The zero-order valence-corrected chi connectivity index (χ0v) is 18.9. The number of likely N-dealkylation sites (N-methyl/N-ethyl adjacent to an activating group) is 1. The molecule has 2 heterocycles. The molecule has 2 fully saturated rings. The summed E-state index contributed by atoms with van der Waals surface area (Å²) in [4.78, 5) is 34.9. The van der Waals surface area contributed by atoms with Gasteiger partial charge in [-0.15, -0.1) is 0 Å². The molecule has 2 aromatic rings. The van der Waals surface area contributed by atoms with Gasteiger partial charge in [0.1, 0.15) is 5.69 Å². The van der Waals surface area contributed by atoms with Crippen molar-refractivity contribution in [3.63, 3.8) is 0 Å². The van der Waals surface area contributed by atoms with Crippen LogP contribution in [0.2, 0.25) is 0 Å². The van der Waals surface area contributed by atoms with E-state index >= 15 is 0 Å². The SMILES string of the molecule is CN1CCN(Cc2cccc3cc(C(=O)N[C@H]4CCCC[C@H]4C(=O)N(C)C#N)[nH]c23)CC1. The van der Waals surface area contributed by atoms with Crippen molar-refractivity contribution in [1.29, 1.82) is 5.26 Å². The molecule has 2 N–H and O–H groups in total. The summed E-state index contributed by atoms with van der Waals surface area (Å²) in [5.74, 6) is -0.769. The van der Waals surface area contributed by atoms with Crippen LogP contribution in [0.25, 0.3) is 10.9 Å². The van der Waals surface area contributed by atoms with Crippen molar-refractivity contribution in [3.05, 3.63) is 35.5 Å². The quantitative estimate of drug-likeness (QED) is 0.553. The fourth-order valence-corrected chi connectivity index (χ4v) is 4.86. The van der Waals surface area contributed by atoms with Gasteiger partial charge in [-0.05, 0) is 31.5 Å². The number of amides is 2. The number of aromatic nitrogens is 1. The zero-order valence-electron chi connectivity index (χ0n) is 18.9. The smallest absolute Gasteiger partial charge is 0.267 e. The molecule has 32 heavy (non-hydrogen) atoms. The van der Waals surface area contributed by atoms with Crippen LogP contribution in [0.3, 0.4) is 0 Å². The molecule has 0 spiro atoms. The number of nitrogens with zero attached hydrogens (tertiary/aromatic N) is 4. The lowest BCUT2D eigenvalue weighted by Crippen LogP contribution is -2.48. The van der Waals surface area contributed by atoms with Crippen LogP contribution >= 0.6 is 0 Å². The Morgan fingerprint density at radius 3 is 2.72 bits per heavy atom. The lowest BCUT2D eigenvalue weighted by atomic mass is 9.83. The largest absolute Gasteiger partial charge is 0.350 e. The molecular weight excluding hydrogens is 404 g/mol. The third-order valence-electron chi connectivity index (χ3n) is 6.86. The summed E-state index contributed by atoms with van der Waals surface area (Å²) in [6.07, 6.45) is 5.22. The highest BCUT2D eigenvalue weighted by Crippen LogP contribution is 2.27. The molecule has 1 aromatic heterocycles. The van der Waals surface area contributed by atoms with Crippen molar-refractivity contribution >= 4 is 22.7 Å². The number of hydrogen-bond acceptors (Lipinski definition) is 5. The summed E-state index contributed by atoms with van der Waals surface area (Å²) in [7, 11) is 3.63. The number of para-hydroxylation sites is 1. The zero-order chi connectivity index (χ0) is 22.7. The standard InChI is InChI=1S/C24H32N6O2/c1-28-10-12-30(13-11-28)15-18-7-5-6-17-14-21(26-22(17)18)23(31)27-20-9-4-3-8-19(20)24(32)29(2)16-25/h5-7,14,19-20,26H,3-4,8-13,15H2,1-2H3,(H,27,31)/t19-,20+/m1/s1. The molecule has 8 heteroatoms. The monoisotopic (exact) mass is 436 g/mol. The number of piperazine rings is 1. The highest BCUT2D eigenvalue weighted by atomic mass is 16.2. The van der Waals surface area contributed by atoms with Gasteiger partial charge in [0.25, 0.3) is 5.91 Å². The first-order valence-electron chi connectivity index (χ1n) is 11.5. The summed E-state index contributed by atoms with van der Waals surface area (Å²) < 4.78 is 0. The van der Waals surface area contributed by atoms with Gasteiger partial charge in [-0.1, -0.05) is 31.0 Å². The Balaban J connectivity index is 1.49. The Hall–Kier alpha value is -2.89. The number of nitrogens with one attached hydrogen (secondary N) is 2. The fraction of sp³-hybridized carbons (Fsp3) is 0.542. The molecule has 4 rings (SSSR count). The second kappa shape index (κ2) is 9.72. The lowest BCUT2D eigenvalue weighted by Gasteiger charge is -2.32. The first kappa shape index (κ1) is 22.3. The van der Waals surface area contributed by atoms with Gasteiger partial charge < -0.3 is 15.2 Å². The Bertz CT molecular complexity index is 1020. The first-order chi connectivity index (χ1) is 15.5. The molecule has 0 radical (unpaired) electrons. The van der Waals surface area contributed by atoms with Gasteiger partial charge in [0.15, 0.2) is 6.19 Å². The second-order valence-corrected chi connectivity index (χ2v) is 9.11. The van der Waals surface area contributed by atoms with Gasteiger partial charge in [-0.25, -0.2) is 0 Å². The molecule has 1 saturated carbocycles. The van der Waals surface area contributed by atoms with Gasteiger partial charge in [-0.2, -0.15) is 5.26 Å². The van der Waals surface area contributed by atoms with Crippen LogP contribution in [0.5, 0.6) is 0 Å². The molecule has 1 aliphatic carbocycles. The predicted molar refractivity (Wildman–Crippen MR) is 123 cm³/mol.